The van der Waals surface area contributed by atoms with Crippen molar-refractivity contribution in [2.45, 2.75) is 13.5 Å². The standard InChI is InChI=1S/C12H15NO/c1-3-9-14-12-7-5-11(6-8-12)10-13-4-2/h1,5-8,13H,4,9-10H2,2H3. The Morgan fingerprint density at radius 3 is 2.64 bits per heavy atom. The third kappa shape index (κ3) is 3.51. The highest BCUT2D eigenvalue weighted by Gasteiger charge is 1.93. The largest absolute Gasteiger partial charge is 0.481 e. The van der Waals surface area contributed by atoms with Crippen LogP contribution in [-0.2, 0) is 6.54 Å². The van der Waals surface area contributed by atoms with Crippen LogP contribution in [-0.4, -0.2) is 13.2 Å². The van der Waals surface area contributed by atoms with Gasteiger partial charge >= 0.3 is 0 Å². The molecule has 0 amide bonds. The van der Waals surface area contributed by atoms with E-state index in [2.05, 4.69) is 18.2 Å². The predicted molar refractivity (Wildman–Crippen MR) is 58.2 cm³/mol. The number of hydrogen-bond donors (Lipinski definition) is 1. The molecule has 2 nitrogen and oxygen atoms in total. The van der Waals surface area contributed by atoms with Crippen LogP contribution in [0.2, 0.25) is 0 Å². The first-order valence-corrected chi connectivity index (χ1v) is 4.72. The Hall–Kier alpha value is -1.46. The molecule has 0 aliphatic carbocycles. The van der Waals surface area contributed by atoms with Gasteiger partial charge in [-0.1, -0.05) is 25.0 Å². The molecule has 0 spiro atoms. The van der Waals surface area contributed by atoms with Gasteiger partial charge < -0.3 is 10.1 Å². The van der Waals surface area contributed by atoms with E-state index in [0.29, 0.717) is 6.61 Å². The molecule has 0 saturated heterocycles. The Bertz CT molecular complexity index is 297. The van der Waals surface area contributed by atoms with Gasteiger partial charge in [0.05, 0.1) is 0 Å². The molecule has 2 heteroatoms. The monoisotopic (exact) mass is 189 g/mol. The van der Waals surface area contributed by atoms with E-state index >= 15 is 0 Å². The van der Waals surface area contributed by atoms with Crippen molar-refractivity contribution in [3.63, 3.8) is 0 Å². The summed E-state index contributed by atoms with van der Waals surface area (Å²) in [5.41, 5.74) is 1.25. The topological polar surface area (TPSA) is 21.3 Å². The smallest absolute Gasteiger partial charge is 0.148 e. The summed E-state index contributed by atoms with van der Waals surface area (Å²) < 4.78 is 5.26. The molecule has 0 bridgehead atoms. The first-order valence-electron chi connectivity index (χ1n) is 4.72. The molecular weight excluding hydrogens is 174 g/mol. The summed E-state index contributed by atoms with van der Waals surface area (Å²) in [6.45, 7) is 4.29. The number of hydrogen-bond acceptors (Lipinski definition) is 2. The number of rotatable bonds is 5. The van der Waals surface area contributed by atoms with Gasteiger partial charge in [0.1, 0.15) is 12.4 Å². The summed E-state index contributed by atoms with van der Waals surface area (Å²) in [5.74, 6) is 3.25. The minimum atomic E-state index is 0.326. The van der Waals surface area contributed by atoms with E-state index in [1.165, 1.54) is 5.56 Å². The predicted octanol–water partition coefficient (Wildman–Crippen LogP) is 1.81. The summed E-state index contributed by atoms with van der Waals surface area (Å²) in [7, 11) is 0. The Morgan fingerprint density at radius 2 is 2.07 bits per heavy atom. The van der Waals surface area contributed by atoms with Gasteiger partial charge in [0.15, 0.2) is 0 Å². The second kappa shape index (κ2) is 6.06. The summed E-state index contributed by atoms with van der Waals surface area (Å²) in [6.07, 6.45) is 5.09. The van der Waals surface area contributed by atoms with E-state index in [-0.39, 0.29) is 0 Å². The normalized spacial score (nSPS) is 9.43. The van der Waals surface area contributed by atoms with Crippen molar-refractivity contribution in [2.75, 3.05) is 13.2 Å². The molecule has 74 valence electrons. The maximum atomic E-state index is 5.26. The fraction of sp³-hybridized carbons (Fsp3) is 0.333. The first-order chi connectivity index (χ1) is 6.86. The Morgan fingerprint density at radius 1 is 1.36 bits per heavy atom. The van der Waals surface area contributed by atoms with Gasteiger partial charge in [-0.15, -0.1) is 6.42 Å². The zero-order valence-corrected chi connectivity index (χ0v) is 8.42. The summed E-state index contributed by atoms with van der Waals surface area (Å²) in [5, 5.41) is 3.25. The van der Waals surface area contributed by atoms with Crippen LogP contribution >= 0.6 is 0 Å². The van der Waals surface area contributed by atoms with Crippen molar-refractivity contribution < 1.29 is 4.74 Å². The van der Waals surface area contributed by atoms with Crippen LogP contribution in [0.3, 0.4) is 0 Å². The summed E-state index contributed by atoms with van der Waals surface area (Å²) >= 11 is 0. The molecule has 1 rings (SSSR count). The fourth-order valence-corrected chi connectivity index (χ4v) is 1.10. The number of ether oxygens (including phenoxy) is 1. The lowest BCUT2D eigenvalue weighted by Gasteiger charge is -2.04. The Kier molecular flexibility index (Phi) is 4.60. The van der Waals surface area contributed by atoms with Crippen LogP contribution in [0.1, 0.15) is 12.5 Å². The van der Waals surface area contributed by atoms with Crippen LogP contribution in [0.15, 0.2) is 24.3 Å². The van der Waals surface area contributed by atoms with Crippen LogP contribution in [0.4, 0.5) is 0 Å². The quantitative estimate of drug-likeness (QED) is 0.713. The van der Waals surface area contributed by atoms with Crippen molar-refractivity contribution in [3.8, 4) is 18.1 Å². The Labute approximate surface area is 85.3 Å². The average molecular weight is 189 g/mol. The number of terminal acetylenes is 1. The maximum absolute atomic E-state index is 5.26. The summed E-state index contributed by atoms with van der Waals surface area (Å²) in [6, 6.07) is 7.94. The number of nitrogens with one attached hydrogen (secondary N) is 1. The van der Waals surface area contributed by atoms with Gasteiger partial charge in [0.25, 0.3) is 0 Å². The minimum Gasteiger partial charge on any atom is -0.481 e. The van der Waals surface area contributed by atoms with Crippen molar-refractivity contribution >= 4 is 0 Å². The molecule has 1 aromatic rings. The zero-order chi connectivity index (χ0) is 10.2. The van der Waals surface area contributed by atoms with Crippen molar-refractivity contribution in [1.82, 2.24) is 5.32 Å². The average Bonchev–Trinajstić information content (AvgIpc) is 2.25. The molecule has 0 atom stereocenters. The molecule has 0 fully saturated rings. The van der Waals surface area contributed by atoms with Gasteiger partial charge in [0.2, 0.25) is 0 Å². The van der Waals surface area contributed by atoms with Gasteiger partial charge in [-0.3, -0.25) is 0 Å². The maximum Gasteiger partial charge on any atom is 0.148 e. The van der Waals surface area contributed by atoms with Crippen molar-refractivity contribution in [3.05, 3.63) is 29.8 Å². The zero-order valence-electron chi connectivity index (χ0n) is 8.42. The van der Waals surface area contributed by atoms with E-state index in [9.17, 15) is 0 Å². The molecular formula is C12H15NO. The van der Waals surface area contributed by atoms with E-state index in [0.717, 1.165) is 18.8 Å². The SMILES string of the molecule is C#CCOc1ccc(CNCC)cc1. The molecule has 0 saturated carbocycles. The third-order valence-corrected chi connectivity index (χ3v) is 1.82. The van der Waals surface area contributed by atoms with Gasteiger partial charge in [-0.05, 0) is 24.2 Å². The molecule has 14 heavy (non-hydrogen) atoms. The van der Waals surface area contributed by atoms with Crippen LogP contribution < -0.4 is 10.1 Å². The first kappa shape index (κ1) is 10.6. The third-order valence-electron chi connectivity index (χ3n) is 1.82. The molecule has 0 aliphatic rings. The van der Waals surface area contributed by atoms with Crippen LogP contribution in [0.5, 0.6) is 5.75 Å². The molecule has 0 aliphatic heterocycles. The van der Waals surface area contributed by atoms with E-state index < -0.39 is 0 Å². The van der Waals surface area contributed by atoms with E-state index in [1.54, 1.807) is 0 Å². The fourth-order valence-electron chi connectivity index (χ4n) is 1.10. The highest BCUT2D eigenvalue weighted by molar-refractivity contribution is 5.27. The second-order valence-electron chi connectivity index (χ2n) is 2.92. The van der Waals surface area contributed by atoms with Gasteiger partial charge in [-0.2, -0.15) is 0 Å². The second-order valence-corrected chi connectivity index (χ2v) is 2.92. The molecule has 0 heterocycles. The molecule has 0 aromatic heterocycles. The minimum absolute atomic E-state index is 0.326. The lowest BCUT2D eigenvalue weighted by molar-refractivity contribution is 0.370. The summed E-state index contributed by atoms with van der Waals surface area (Å²) in [4.78, 5) is 0. The van der Waals surface area contributed by atoms with Crippen molar-refractivity contribution in [2.24, 2.45) is 0 Å². The van der Waals surface area contributed by atoms with E-state index in [4.69, 9.17) is 11.2 Å². The van der Waals surface area contributed by atoms with Crippen LogP contribution in [0, 0.1) is 12.3 Å². The van der Waals surface area contributed by atoms with Crippen LogP contribution in [0.25, 0.3) is 0 Å². The van der Waals surface area contributed by atoms with Crippen molar-refractivity contribution in [1.29, 1.82) is 0 Å². The number of benzene rings is 1. The Balaban J connectivity index is 2.47. The molecule has 1 aromatic carbocycles. The lowest BCUT2D eigenvalue weighted by Crippen LogP contribution is -2.11. The molecule has 0 radical (unpaired) electrons. The lowest BCUT2D eigenvalue weighted by atomic mass is 10.2. The highest BCUT2D eigenvalue weighted by atomic mass is 16.5. The van der Waals surface area contributed by atoms with E-state index in [1.807, 2.05) is 24.3 Å². The van der Waals surface area contributed by atoms with Gasteiger partial charge in [0, 0.05) is 6.54 Å². The molecule has 0 unspecified atom stereocenters. The molecule has 1 N–H and O–H groups in total. The highest BCUT2D eigenvalue weighted by Crippen LogP contribution is 2.11. The van der Waals surface area contributed by atoms with Gasteiger partial charge in [-0.25, -0.2) is 0 Å².